The topological polar surface area (TPSA) is 88.6 Å². The van der Waals surface area contributed by atoms with Crippen molar-refractivity contribution < 1.29 is 14.3 Å². The van der Waals surface area contributed by atoms with Crippen LogP contribution in [0, 0.1) is 5.41 Å². The second-order valence-corrected chi connectivity index (χ2v) is 9.84. The van der Waals surface area contributed by atoms with E-state index in [1.807, 2.05) is 73.3 Å². The standard InChI is InChI=1S/C30H35N3O3/c1-30(2,29(34)33-17-4-3-5-18-33)25-11-15-27(16-12-25)36-21-23-8-6-7-22(19-23)20-35-26-13-9-24(10-14-26)28(31)32/h6-16,19H,3-5,17-18,20-21H2,1-2H3,(H3,31,32). The van der Waals surface area contributed by atoms with E-state index < -0.39 is 5.41 Å². The highest BCUT2D eigenvalue weighted by atomic mass is 16.5. The van der Waals surface area contributed by atoms with Gasteiger partial charge in [0.25, 0.3) is 0 Å². The van der Waals surface area contributed by atoms with Gasteiger partial charge >= 0.3 is 0 Å². The Balaban J connectivity index is 1.31. The van der Waals surface area contributed by atoms with Gasteiger partial charge in [0, 0.05) is 18.7 Å². The summed E-state index contributed by atoms with van der Waals surface area (Å²) in [5, 5.41) is 7.47. The summed E-state index contributed by atoms with van der Waals surface area (Å²) < 4.78 is 11.9. The zero-order chi connectivity index (χ0) is 25.5. The molecular weight excluding hydrogens is 450 g/mol. The monoisotopic (exact) mass is 485 g/mol. The van der Waals surface area contributed by atoms with Crippen LogP contribution in [-0.4, -0.2) is 29.7 Å². The lowest BCUT2D eigenvalue weighted by atomic mass is 9.82. The zero-order valence-electron chi connectivity index (χ0n) is 21.1. The molecule has 3 aromatic carbocycles. The maximum atomic E-state index is 13.1. The van der Waals surface area contributed by atoms with Gasteiger partial charge in [-0.2, -0.15) is 0 Å². The Morgan fingerprint density at radius 3 is 1.92 bits per heavy atom. The van der Waals surface area contributed by atoms with Crippen LogP contribution in [0.4, 0.5) is 0 Å². The van der Waals surface area contributed by atoms with Crippen LogP contribution in [0.15, 0.2) is 72.8 Å². The Labute approximate surface area is 213 Å². The van der Waals surface area contributed by atoms with E-state index in [0.29, 0.717) is 18.8 Å². The van der Waals surface area contributed by atoms with Crippen LogP contribution < -0.4 is 15.2 Å². The van der Waals surface area contributed by atoms with Crippen molar-refractivity contribution in [2.45, 2.75) is 51.7 Å². The second-order valence-electron chi connectivity index (χ2n) is 9.84. The SMILES string of the molecule is CC(C)(C(=O)N1CCCCC1)c1ccc(OCc2cccc(COc3ccc(C(=N)N)cc3)c2)cc1. The minimum Gasteiger partial charge on any atom is -0.489 e. The number of nitrogen functional groups attached to an aromatic ring is 1. The van der Waals surface area contributed by atoms with E-state index in [-0.39, 0.29) is 11.7 Å². The first-order valence-electron chi connectivity index (χ1n) is 12.5. The summed E-state index contributed by atoms with van der Waals surface area (Å²) in [7, 11) is 0. The molecule has 3 N–H and O–H groups in total. The molecule has 1 fully saturated rings. The minimum absolute atomic E-state index is 0.0403. The van der Waals surface area contributed by atoms with Gasteiger partial charge in [-0.1, -0.05) is 30.3 Å². The summed E-state index contributed by atoms with van der Waals surface area (Å²) in [6, 6.07) is 23.2. The fraction of sp³-hybridized carbons (Fsp3) is 0.333. The molecule has 0 spiro atoms. The van der Waals surface area contributed by atoms with Crippen LogP contribution in [0.25, 0.3) is 0 Å². The summed E-state index contributed by atoms with van der Waals surface area (Å²) in [5.74, 6) is 1.74. The van der Waals surface area contributed by atoms with Gasteiger partial charge in [0.05, 0.1) is 5.41 Å². The third kappa shape index (κ3) is 6.25. The van der Waals surface area contributed by atoms with E-state index in [2.05, 4.69) is 6.07 Å². The molecular formula is C30H35N3O3. The van der Waals surface area contributed by atoms with Gasteiger partial charge in [0.15, 0.2) is 0 Å². The lowest BCUT2D eigenvalue weighted by molar-refractivity contribution is -0.137. The number of benzene rings is 3. The lowest BCUT2D eigenvalue weighted by Crippen LogP contribution is -2.45. The summed E-state index contributed by atoms with van der Waals surface area (Å²) in [6.07, 6.45) is 3.40. The number of likely N-dealkylation sites (tertiary alicyclic amines) is 1. The number of nitrogens with two attached hydrogens (primary N) is 1. The van der Waals surface area contributed by atoms with Gasteiger partial charge in [-0.25, -0.2) is 0 Å². The molecule has 36 heavy (non-hydrogen) atoms. The molecule has 6 nitrogen and oxygen atoms in total. The molecule has 0 unspecified atom stereocenters. The molecule has 1 amide bonds. The van der Waals surface area contributed by atoms with Gasteiger partial charge in [-0.15, -0.1) is 0 Å². The normalized spacial score (nSPS) is 13.8. The van der Waals surface area contributed by atoms with Crippen molar-refractivity contribution >= 4 is 11.7 Å². The molecule has 6 heteroatoms. The van der Waals surface area contributed by atoms with Crippen LogP contribution in [0.2, 0.25) is 0 Å². The Kier molecular flexibility index (Phi) is 7.93. The van der Waals surface area contributed by atoms with Crippen molar-refractivity contribution in [3.63, 3.8) is 0 Å². The number of carbonyl (C=O) groups excluding carboxylic acids is 1. The third-order valence-corrected chi connectivity index (χ3v) is 6.72. The molecule has 0 atom stereocenters. The van der Waals surface area contributed by atoms with Crippen molar-refractivity contribution in [1.82, 2.24) is 4.90 Å². The number of ether oxygens (including phenoxy) is 2. The summed E-state index contributed by atoms with van der Waals surface area (Å²) in [5.41, 5.74) is 8.70. The number of amides is 1. The third-order valence-electron chi connectivity index (χ3n) is 6.72. The van der Waals surface area contributed by atoms with E-state index in [1.165, 1.54) is 6.42 Å². The number of amidine groups is 1. The van der Waals surface area contributed by atoms with Gasteiger partial charge < -0.3 is 20.1 Å². The maximum Gasteiger partial charge on any atom is 0.232 e. The first-order valence-corrected chi connectivity index (χ1v) is 12.5. The fourth-order valence-corrected chi connectivity index (χ4v) is 4.46. The number of nitrogens with one attached hydrogen (secondary N) is 1. The predicted octanol–water partition coefficient (Wildman–Crippen LogP) is 5.42. The summed E-state index contributed by atoms with van der Waals surface area (Å²) in [6.45, 7) is 6.61. The predicted molar refractivity (Wildman–Crippen MR) is 142 cm³/mol. The van der Waals surface area contributed by atoms with Crippen LogP contribution in [0.5, 0.6) is 11.5 Å². The van der Waals surface area contributed by atoms with Crippen LogP contribution in [-0.2, 0) is 23.4 Å². The van der Waals surface area contributed by atoms with Crippen LogP contribution in [0.3, 0.4) is 0 Å². The molecule has 3 aromatic rings. The van der Waals surface area contributed by atoms with E-state index in [1.54, 1.807) is 12.1 Å². The molecule has 1 saturated heterocycles. The highest BCUT2D eigenvalue weighted by Crippen LogP contribution is 2.29. The van der Waals surface area contributed by atoms with Gasteiger partial charge in [0.2, 0.25) is 5.91 Å². The van der Waals surface area contributed by atoms with Gasteiger partial charge in [0.1, 0.15) is 30.5 Å². The highest BCUT2D eigenvalue weighted by molar-refractivity contribution is 5.95. The molecule has 0 aromatic heterocycles. The smallest absolute Gasteiger partial charge is 0.232 e. The lowest BCUT2D eigenvalue weighted by Gasteiger charge is -2.34. The van der Waals surface area contributed by atoms with Crippen molar-refractivity contribution in [2.24, 2.45) is 5.73 Å². The van der Waals surface area contributed by atoms with Crippen LogP contribution >= 0.6 is 0 Å². The molecule has 188 valence electrons. The van der Waals surface area contributed by atoms with Crippen molar-refractivity contribution in [3.05, 3.63) is 95.1 Å². The molecule has 1 heterocycles. The summed E-state index contributed by atoms with van der Waals surface area (Å²) in [4.78, 5) is 15.1. The highest BCUT2D eigenvalue weighted by Gasteiger charge is 2.34. The Morgan fingerprint density at radius 1 is 0.861 bits per heavy atom. The van der Waals surface area contributed by atoms with Crippen molar-refractivity contribution in [2.75, 3.05) is 13.1 Å². The minimum atomic E-state index is -0.559. The Hall–Kier alpha value is -3.80. The molecule has 0 aliphatic carbocycles. The Bertz CT molecular complexity index is 1180. The average molecular weight is 486 g/mol. The van der Waals surface area contributed by atoms with Gasteiger partial charge in [-0.3, -0.25) is 10.2 Å². The number of carbonyl (C=O) groups is 1. The van der Waals surface area contributed by atoms with E-state index in [4.69, 9.17) is 20.6 Å². The molecule has 0 radical (unpaired) electrons. The summed E-state index contributed by atoms with van der Waals surface area (Å²) >= 11 is 0. The maximum absolute atomic E-state index is 13.1. The fourth-order valence-electron chi connectivity index (χ4n) is 4.46. The zero-order valence-corrected chi connectivity index (χ0v) is 21.1. The number of hydrogen-bond acceptors (Lipinski definition) is 4. The quantitative estimate of drug-likeness (QED) is 0.313. The first-order chi connectivity index (χ1) is 17.3. The molecule has 0 bridgehead atoms. The molecule has 4 rings (SSSR count). The first kappa shape index (κ1) is 25.3. The van der Waals surface area contributed by atoms with Crippen molar-refractivity contribution in [1.29, 1.82) is 5.41 Å². The second kappa shape index (κ2) is 11.3. The van der Waals surface area contributed by atoms with E-state index in [0.717, 1.165) is 54.1 Å². The number of piperidine rings is 1. The average Bonchev–Trinajstić information content (AvgIpc) is 2.91. The molecule has 1 aliphatic heterocycles. The van der Waals surface area contributed by atoms with E-state index in [9.17, 15) is 4.79 Å². The van der Waals surface area contributed by atoms with Crippen LogP contribution in [0.1, 0.15) is 55.4 Å². The molecule has 0 saturated carbocycles. The number of nitrogens with zero attached hydrogens (tertiary/aromatic N) is 1. The van der Waals surface area contributed by atoms with Gasteiger partial charge in [-0.05, 0) is 92.3 Å². The van der Waals surface area contributed by atoms with Crippen molar-refractivity contribution in [3.8, 4) is 11.5 Å². The number of hydrogen-bond donors (Lipinski definition) is 2. The largest absolute Gasteiger partial charge is 0.489 e. The molecule has 1 aliphatic rings. The number of rotatable bonds is 9. The van der Waals surface area contributed by atoms with E-state index >= 15 is 0 Å². The Morgan fingerprint density at radius 2 is 1.39 bits per heavy atom.